The third-order valence-electron chi connectivity index (χ3n) is 3.02. The van der Waals surface area contributed by atoms with E-state index in [1.54, 1.807) is 12.1 Å². The summed E-state index contributed by atoms with van der Waals surface area (Å²) in [6, 6.07) is 9.41. The number of esters is 1. The minimum absolute atomic E-state index is 0.231. The standard InChI is InChI=1S/C15H15N3O2S/c1-18(13-6-3-11(9-16)4-7-13)15-17-12(10-21-15)5-8-14(19)20-2/h3-4,6-7,10H,5,8H2,1-2H3. The summed E-state index contributed by atoms with van der Waals surface area (Å²) in [4.78, 5) is 17.6. The number of carbonyl (C=O) groups excluding carboxylic acids is 1. The van der Waals surface area contributed by atoms with E-state index in [0.29, 0.717) is 18.4 Å². The lowest BCUT2D eigenvalue weighted by Gasteiger charge is -2.15. The van der Waals surface area contributed by atoms with E-state index in [9.17, 15) is 4.79 Å². The largest absolute Gasteiger partial charge is 0.469 e. The molecule has 0 fully saturated rings. The van der Waals surface area contributed by atoms with Crippen LogP contribution in [0.25, 0.3) is 0 Å². The van der Waals surface area contributed by atoms with Crippen molar-refractivity contribution in [3.05, 3.63) is 40.9 Å². The van der Waals surface area contributed by atoms with Crippen molar-refractivity contribution in [1.82, 2.24) is 4.98 Å². The Morgan fingerprint density at radius 3 is 2.76 bits per heavy atom. The first kappa shape index (κ1) is 15.0. The third-order valence-corrected chi connectivity index (χ3v) is 3.99. The highest BCUT2D eigenvalue weighted by Crippen LogP contribution is 2.27. The number of nitrogens with zero attached hydrogens (tertiary/aromatic N) is 3. The topological polar surface area (TPSA) is 66.2 Å². The summed E-state index contributed by atoms with van der Waals surface area (Å²) in [6.07, 6.45) is 0.907. The molecule has 0 saturated heterocycles. The van der Waals surface area contributed by atoms with Crippen LogP contribution in [0.2, 0.25) is 0 Å². The van der Waals surface area contributed by atoms with Gasteiger partial charge in [-0.2, -0.15) is 5.26 Å². The Morgan fingerprint density at radius 2 is 2.14 bits per heavy atom. The molecule has 0 aliphatic carbocycles. The quantitative estimate of drug-likeness (QED) is 0.794. The molecule has 1 aromatic heterocycles. The number of rotatable bonds is 5. The molecule has 0 spiro atoms. The molecule has 6 heteroatoms. The zero-order chi connectivity index (χ0) is 15.2. The molecule has 1 aromatic carbocycles. The number of hydrogen-bond donors (Lipinski definition) is 0. The second-order valence-electron chi connectivity index (χ2n) is 4.42. The molecule has 2 rings (SSSR count). The van der Waals surface area contributed by atoms with Crippen molar-refractivity contribution in [1.29, 1.82) is 5.26 Å². The fourth-order valence-corrected chi connectivity index (χ4v) is 2.61. The summed E-state index contributed by atoms with van der Waals surface area (Å²) in [5.74, 6) is -0.231. The molecule has 2 aromatic rings. The minimum atomic E-state index is -0.231. The molecule has 108 valence electrons. The second-order valence-corrected chi connectivity index (χ2v) is 5.25. The predicted octanol–water partition coefficient (Wildman–Crippen LogP) is 2.89. The molecule has 0 amide bonds. The summed E-state index contributed by atoms with van der Waals surface area (Å²) >= 11 is 1.52. The van der Waals surface area contributed by atoms with Crippen molar-refractivity contribution in [2.75, 3.05) is 19.1 Å². The summed E-state index contributed by atoms with van der Waals surface area (Å²) in [6.45, 7) is 0. The number of methoxy groups -OCH3 is 1. The maximum atomic E-state index is 11.1. The van der Waals surface area contributed by atoms with Crippen LogP contribution in [0.5, 0.6) is 0 Å². The van der Waals surface area contributed by atoms with E-state index in [-0.39, 0.29) is 5.97 Å². The van der Waals surface area contributed by atoms with Gasteiger partial charge >= 0.3 is 5.97 Å². The van der Waals surface area contributed by atoms with Gasteiger partial charge in [-0.15, -0.1) is 11.3 Å². The lowest BCUT2D eigenvalue weighted by molar-refractivity contribution is -0.140. The fraction of sp³-hybridized carbons (Fsp3) is 0.267. The van der Waals surface area contributed by atoms with Gasteiger partial charge in [0.2, 0.25) is 0 Å². The van der Waals surface area contributed by atoms with Gasteiger partial charge in [0.25, 0.3) is 0 Å². The van der Waals surface area contributed by atoms with Gasteiger partial charge in [-0.25, -0.2) is 4.98 Å². The predicted molar refractivity (Wildman–Crippen MR) is 81.7 cm³/mol. The summed E-state index contributed by atoms with van der Waals surface area (Å²) < 4.78 is 4.62. The first-order valence-electron chi connectivity index (χ1n) is 6.39. The minimum Gasteiger partial charge on any atom is -0.469 e. The molecule has 0 saturated carbocycles. The van der Waals surface area contributed by atoms with Crippen LogP contribution in [-0.4, -0.2) is 25.1 Å². The van der Waals surface area contributed by atoms with Crippen LogP contribution in [0.3, 0.4) is 0 Å². The van der Waals surface area contributed by atoms with E-state index in [4.69, 9.17) is 5.26 Å². The number of aryl methyl sites for hydroxylation is 1. The van der Waals surface area contributed by atoms with Gasteiger partial charge < -0.3 is 9.64 Å². The van der Waals surface area contributed by atoms with Crippen molar-refractivity contribution >= 4 is 28.1 Å². The van der Waals surface area contributed by atoms with Crippen molar-refractivity contribution in [3.63, 3.8) is 0 Å². The normalized spacial score (nSPS) is 9.95. The van der Waals surface area contributed by atoms with E-state index in [1.807, 2.05) is 29.5 Å². The van der Waals surface area contributed by atoms with Crippen LogP contribution >= 0.6 is 11.3 Å². The van der Waals surface area contributed by atoms with E-state index in [1.165, 1.54) is 18.4 Å². The van der Waals surface area contributed by atoms with E-state index in [0.717, 1.165) is 16.5 Å². The number of aromatic nitrogens is 1. The van der Waals surface area contributed by atoms with Crippen LogP contribution in [0, 0.1) is 11.3 Å². The first-order chi connectivity index (χ1) is 10.1. The second kappa shape index (κ2) is 6.86. The molecule has 0 aliphatic heterocycles. The summed E-state index contributed by atoms with van der Waals surface area (Å²) in [5, 5.41) is 11.6. The molecule has 0 aliphatic rings. The number of thiazole rings is 1. The van der Waals surface area contributed by atoms with Crippen molar-refractivity contribution in [2.24, 2.45) is 0 Å². The molecule has 5 nitrogen and oxygen atoms in total. The zero-order valence-electron chi connectivity index (χ0n) is 11.9. The van der Waals surface area contributed by atoms with Crippen LogP contribution in [0.15, 0.2) is 29.6 Å². The number of carbonyl (C=O) groups is 1. The van der Waals surface area contributed by atoms with Gasteiger partial charge in [-0.3, -0.25) is 4.79 Å². The van der Waals surface area contributed by atoms with Gasteiger partial charge in [0.1, 0.15) is 0 Å². The van der Waals surface area contributed by atoms with Gasteiger partial charge in [0.15, 0.2) is 5.13 Å². The maximum absolute atomic E-state index is 11.1. The number of anilines is 2. The van der Waals surface area contributed by atoms with E-state index >= 15 is 0 Å². The first-order valence-corrected chi connectivity index (χ1v) is 7.27. The van der Waals surface area contributed by atoms with Crippen LogP contribution in [0.1, 0.15) is 17.7 Å². The molecule has 0 bridgehead atoms. The molecule has 0 atom stereocenters. The highest BCUT2D eigenvalue weighted by Gasteiger charge is 2.10. The van der Waals surface area contributed by atoms with Crippen molar-refractivity contribution in [3.8, 4) is 6.07 Å². The number of benzene rings is 1. The Hall–Kier alpha value is -2.39. The van der Waals surface area contributed by atoms with Gasteiger partial charge in [0.05, 0.1) is 30.9 Å². The number of ether oxygens (including phenoxy) is 1. The lowest BCUT2D eigenvalue weighted by atomic mass is 10.2. The van der Waals surface area contributed by atoms with Crippen LogP contribution < -0.4 is 4.90 Å². The molecule has 21 heavy (non-hydrogen) atoms. The van der Waals surface area contributed by atoms with Crippen molar-refractivity contribution in [2.45, 2.75) is 12.8 Å². The molecule has 0 unspecified atom stereocenters. The Balaban J connectivity index is 2.05. The van der Waals surface area contributed by atoms with Gasteiger partial charge in [-0.1, -0.05) is 0 Å². The Labute approximate surface area is 127 Å². The summed E-state index contributed by atoms with van der Waals surface area (Å²) in [7, 11) is 3.30. The molecular weight excluding hydrogens is 286 g/mol. The van der Waals surface area contributed by atoms with Gasteiger partial charge in [-0.05, 0) is 24.3 Å². The summed E-state index contributed by atoms with van der Waals surface area (Å²) in [5.41, 5.74) is 2.47. The zero-order valence-corrected chi connectivity index (χ0v) is 12.7. The Kier molecular flexibility index (Phi) is 4.90. The SMILES string of the molecule is COC(=O)CCc1csc(N(C)c2ccc(C#N)cc2)n1. The molecular formula is C15H15N3O2S. The molecule has 1 heterocycles. The number of hydrogen-bond acceptors (Lipinski definition) is 6. The molecule has 0 radical (unpaired) electrons. The smallest absolute Gasteiger partial charge is 0.305 e. The highest BCUT2D eigenvalue weighted by atomic mass is 32.1. The maximum Gasteiger partial charge on any atom is 0.305 e. The van der Waals surface area contributed by atoms with Crippen LogP contribution in [0.4, 0.5) is 10.8 Å². The average Bonchev–Trinajstić information content (AvgIpc) is 3.00. The fourth-order valence-electron chi connectivity index (χ4n) is 1.77. The Bertz CT molecular complexity index is 658. The Morgan fingerprint density at radius 1 is 1.43 bits per heavy atom. The van der Waals surface area contributed by atoms with E-state index in [2.05, 4.69) is 15.8 Å². The van der Waals surface area contributed by atoms with E-state index < -0.39 is 0 Å². The van der Waals surface area contributed by atoms with Gasteiger partial charge in [0, 0.05) is 24.5 Å². The van der Waals surface area contributed by atoms with Crippen molar-refractivity contribution < 1.29 is 9.53 Å². The number of nitriles is 1. The molecule has 0 N–H and O–H groups in total. The van der Waals surface area contributed by atoms with Crippen LogP contribution in [-0.2, 0) is 16.0 Å². The highest BCUT2D eigenvalue weighted by molar-refractivity contribution is 7.13. The average molecular weight is 301 g/mol. The monoisotopic (exact) mass is 301 g/mol. The third kappa shape index (κ3) is 3.80. The lowest BCUT2D eigenvalue weighted by Crippen LogP contribution is -2.09.